The van der Waals surface area contributed by atoms with Crippen molar-refractivity contribution < 1.29 is 18.7 Å². The standard InChI is InChI=1S/C14H11F2NO2/c15-10-1-4-12(5-2-10)17-13-6-3-11(16)7-9(13)8-14(18)19/h1-7,17H,8H2,(H,18,19). The van der Waals surface area contributed by atoms with Crippen LogP contribution in [0.4, 0.5) is 20.2 Å². The van der Waals surface area contributed by atoms with Gasteiger partial charge in [-0.1, -0.05) is 0 Å². The number of aliphatic carboxylic acids is 1. The van der Waals surface area contributed by atoms with Crippen LogP contribution in [0.5, 0.6) is 0 Å². The summed E-state index contributed by atoms with van der Waals surface area (Å²) >= 11 is 0. The number of rotatable bonds is 4. The molecule has 3 nitrogen and oxygen atoms in total. The highest BCUT2D eigenvalue weighted by Crippen LogP contribution is 2.22. The van der Waals surface area contributed by atoms with Crippen LogP contribution in [0.25, 0.3) is 0 Å². The lowest BCUT2D eigenvalue weighted by atomic mass is 10.1. The molecule has 0 fully saturated rings. The van der Waals surface area contributed by atoms with E-state index in [1.165, 1.54) is 42.5 Å². The topological polar surface area (TPSA) is 49.3 Å². The third kappa shape index (κ3) is 3.51. The fourth-order valence-electron chi connectivity index (χ4n) is 1.68. The Morgan fingerprint density at radius 3 is 2.32 bits per heavy atom. The highest BCUT2D eigenvalue weighted by atomic mass is 19.1. The first-order valence-electron chi connectivity index (χ1n) is 5.57. The number of carbonyl (C=O) groups is 1. The Bertz CT molecular complexity index is 597. The van der Waals surface area contributed by atoms with Crippen LogP contribution in [-0.4, -0.2) is 11.1 Å². The molecule has 0 saturated heterocycles. The number of carboxylic acid groups (broad SMARTS) is 1. The van der Waals surface area contributed by atoms with E-state index in [9.17, 15) is 13.6 Å². The zero-order valence-electron chi connectivity index (χ0n) is 9.86. The van der Waals surface area contributed by atoms with Gasteiger partial charge in [0.25, 0.3) is 0 Å². The molecule has 0 unspecified atom stereocenters. The molecule has 0 atom stereocenters. The zero-order chi connectivity index (χ0) is 13.8. The molecule has 0 aliphatic carbocycles. The number of carboxylic acids is 1. The Morgan fingerprint density at radius 2 is 1.68 bits per heavy atom. The minimum atomic E-state index is -1.05. The Balaban J connectivity index is 2.28. The van der Waals surface area contributed by atoms with Gasteiger partial charge >= 0.3 is 5.97 Å². The molecule has 0 amide bonds. The van der Waals surface area contributed by atoms with E-state index in [0.717, 1.165) is 0 Å². The maximum atomic E-state index is 13.1. The lowest BCUT2D eigenvalue weighted by molar-refractivity contribution is -0.136. The smallest absolute Gasteiger partial charge is 0.307 e. The first-order valence-corrected chi connectivity index (χ1v) is 5.57. The summed E-state index contributed by atoms with van der Waals surface area (Å²) < 4.78 is 25.9. The van der Waals surface area contributed by atoms with E-state index >= 15 is 0 Å². The van der Waals surface area contributed by atoms with Crippen molar-refractivity contribution in [3.8, 4) is 0 Å². The Hall–Kier alpha value is -2.43. The zero-order valence-corrected chi connectivity index (χ0v) is 9.86. The summed E-state index contributed by atoms with van der Waals surface area (Å²) in [5, 5.41) is 11.7. The predicted octanol–water partition coefficient (Wildman–Crippen LogP) is 3.34. The number of anilines is 2. The Labute approximate surface area is 108 Å². The highest BCUT2D eigenvalue weighted by Gasteiger charge is 2.08. The van der Waals surface area contributed by atoms with Crippen molar-refractivity contribution in [1.82, 2.24) is 0 Å². The van der Waals surface area contributed by atoms with E-state index in [2.05, 4.69) is 5.32 Å². The number of hydrogen-bond acceptors (Lipinski definition) is 2. The van der Waals surface area contributed by atoms with Gasteiger partial charge in [-0.3, -0.25) is 4.79 Å². The molecular formula is C14H11F2NO2. The maximum absolute atomic E-state index is 13.1. The minimum absolute atomic E-state index is 0.290. The van der Waals surface area contributed by atoms with Crippen molar-refractivity contribution in [2.24, 2.45) is 0 Å². The summed E-state index contributed by atoms with van der Waals surface area (Å²) in [6, 6.07) is 9.45. The number of hydrogen-bond donors (Lipinski definition) is 2. The molecule has 0 aliphatic rings. The van der Waals surface area contributed by atoms with Gasteiger partial charge in [0.15, 0.2) is 0 Å². The van der Waals surface area contributed by atoms with Crippen molar-refractivity contribution in [2.75, 3.05) is 5.32 Å². The molecule has 0 aliphatic heterocycles. The molecule has 0 spiro atoms. The number of nitrogens with one attached hydrogen (secondary N) is 1. The second-order valence-electron chi connectivity index (χ2n) is 4.00. The first-order chi connectivity index (χ1) is 9.04. The predicted molar refractivity (Wildman–Crippen MR) is 67.4 cm³/mol. The Morgan fingerprint density at radius 1 is 1.05 bits per heavy atom. The summed E-state index contributed by atoms with van der Waals surface area (Å²) in [4.78, 5) is 10.7. The molecule has 98 valence electrons. The summed E-state index contributed by atoms with van der Waals surface area (Å²) in [7, 11) is 0. The van der Waals surface area contributed by atoms with Gasteiger partial charge in [0.05, 0.1) is 6.42 Å². The molecule has 0 bridgehead atoms. The lowest BCUT2D eigenvalue weighted by Gasteiger charge is -2.11. The van der Waals surface area contributed by atoms with Crippen molar-refractivity contribution in [1.29, 1.82) is 0 Å². The fourth-order valence-corrected chi connectivity index (χ4v) is 1.68. The van der Waals surface area contributed by atoms with Gasteiger partial charge in [-0.25, -0.2) is 8.78 Å². The van der Waals surface area contributed by atoms with Crippen LogP contribution in [0.15, 0.2) is 42.5 Å². The van der Waals surface area contributed by atoms with Crippen LogP contribution in [0.1, 0.15) is 5.56 Å². The van der Waals surface area contributed by atoms with E-state index in [1.807, 2.05) is 0 Å². The molecule has 2 aromatic rings. The van der Waals surface area contributed by atoms with E-state index in [1.54, 1.807) is 0 Å². The largest absolute Gasteiger partial charge is 0.481 e. The maximum Gasteiger partial charge on any atom is 0.307 e. The van der Waals surface area contributed by atoms with Gasteiger partial charge < -0.3 is 10.4 Å². The molecule has 0 radical (unpaired) electrons. The van der Waals surface area contributed by atoms with Gasteiger partial charge in [0.1, 0.15) is 11.6 Å². The second-order valence-corrected chi connectivity index (χ2v) is 4.00. The third-order valence-corrected chi connectivity index (χ3v) is 2.53. The molecule has 2 N–H and O–H groups in total. The van der Waals surface area contributed by atoms with Gasteiger partial charge in [-0.05, 0) is 48.0 Å². The van der Waals surface area contributed by atoms with Crippen LogP contribution in [-0.2, 0) is 11.2 Å². The van der Waals surface area contributed by atoms with E-state index < -0.39 is 11.8 Å². The second kappa shape index (κ2) is 5.48. The van der Waals surface area contributed by atoms with Gasteiger partial charge in [0, 0.05) is 11.4 Å². The van der Waals surface area contributed by atoms with Crippen molar-refractivity contribution in [2.45, 2.75) is 6.42 Å². The Kier molecular flexibility index (Phi) is 3.75. The molecule has 19 heavy (non-hydrogen) atoms. The normalized spacial score (nSPS) is 10.2. The van der Waals surface area contributed by atoms with Crippen LogP contribution in [0.3, 0.4) is 0 Å². The quantitative estimate of drug-likeness (QED) is 0.889. The molecule has 0 heterocycles. The summed E-state index contributed by atoms with van der Waals surface area (Å²) in [6.45, 7) is 0. The SMILES string of the molecule is O=C(O)Cc1cc(F)ccc1Nc1ccc(F)cc1. The van der Waals surface area contributed by atoms with Gasteiger partial charge in [-0.15, -0.1) is 0 Å². The third-order valence-electron chi connectivity index (χ3n) is 2.53. The molecule has 0 saturated carbocycles. The fraction of sp³-hybridized carbons (Fsp3) is 0.0714. The minimum Gasteiger partial charge on any atom is -0.481 e. The van der Waals surface area contributed by atoms with Gasteiger partial charge in [-0.2, -0.15) is 0 Å². The summed E-state index contributed by atoms with van der Waals surface area (Å²) in [6.07, 6.45) is -0.290. The van der Waals surface area contributed by atoms with E-state index in [-0.39, 0.29) is 12.2 Å². The number of halogens is 2. The molecular weight excluding hydrogens is 252 g/mol. The lowest BCUT2D eigenvalue weighted by Crippen LogP contribution is -2.04. The monoisotopic (exact) mass is 263 g/mol. The van der Waals surface area contributed by atoms with Crippen molar-refractivity contribution >= 4 is 17.3 Å². The van der Waals surface area contributed by atoms with Gasteiger partial charge in [0.2, 0.25) is 0 Å². The average molecular weight is 263 g/mol. The van der Waals surface area contributed by atoms with Crippen LogP contribution in [0.2, 0.25) is 0 Å². The van der Waals surface area contributed by atoms with Crippen LogP contribution >= 0.6 is 0 Å². The average Bonchev–Trinajstić information content (AvgIpc) is 2.34. The van der Waals surface area contributed by atoms with Crippen molar-refractivity contribution in [3.63, 3.8) is 0 Å². The van der Waals surface area contributed by atoms with Crippen molar-refractivity contribution in [3.05, 3.63) is 59.7 Å². The van der Waals surface area contributed by atoms with Crippen LogP contribution in [0, 0.1) is 11.6 Å². The highest BCUT2D eigenvalue weighted by molar-refractivity contribution is 5.75. The molecule has 2 aromatic carbocycles. The molecule has 5 heteroatoms. The number of benzene rings is 2. The summed E-state index contributed by atoms with van der Waals surface area (Å²) in [5.41, 5.74) is 1.41. The van der Waals surface area contributed by atoms with Crippen LogP contribution < -0.4 is 5.32 Å². The first kappa shape index (κ1) is 13.0. The molecule has 2 rings (SSSR count). The van der Waals surface area contributed by atoms with E-state index in [4.69, 9.17) is 5.11 Å². The summed E-state index contributed by atoms with van der Waals surface area (Å²) in [5.74, 6) is -1.91. The van der Waals surface area contributed by atoms with E-state index in [0.29, 0.717) is 16.9 Å². The molecule has 0 aromatic heterocycles.